The Kier molecular flexibility index (Phi) is 5.30. The summed E-state index contributed by atoms with van der Waals surface area (Å²) in [7, 11) is 0. The number of rotatable bonds is 2. The number of nitrogens with zero attached hydrogens (tertiary/aromatic N) is 2. The monoisotopic (exact) mass is 628 g/mol. The molecule has 0 fully saturated rings. The minimum absolute atomic E-state index is 0.0278. The number of benzene rings is 7. The molecule has 0 N–H and O–H groups in total. The fourth-order valence-corrected chi connectivity index (χ4v) is 8.49. The molecule has 11 rings (SSSR count). The van der Waals surface area contributed by atoms with E-state index in [4.69, 9.17) is 9.47 Å². The average Bonchev–Trinajstić information content (AvgIpc) is 3.65. The number of para-hydroxylation sites is 3. The minimum Gasteiger partial charge on any atom is -0.458 e. The predicted molar refractivity (Wildman–Crippen MR) is 202 cm³/mol. The van der Waals surface area contributed by atoms with Gasteiger partial charge in [0.2, 0.25) is 0 Å². The summed E-state index contributed by atoms with van der Waals surface area (Å²) in [6.07, 6.45) is 0. The zero-order valence-corrected chi connectivity index (χ0v) is 27.1. The number of fused-ring (bicyclic) bond motifs is 11. The summed E-state index contributed by atoms with van der Waals surface area (Å²) in [4.78, 5) is 0. The van der Waals surface area contributed by atoms with Crippen LogP contribution in [0.1, 0.15) is 11.1 Å². The maximum atomic E-state index is 6.81. The zero-order valence-electron chi connectivity index (χ0n) is 27.1. The fourth-order valence-electron chi connectivity index (χ4n) is 8.49. The second-order valence-electron chi connectivity index (χ2n) is 13.5. The summed E-state index contributed by atoms with van der Waals surface area (Å²) in [6.45, 7) is 4.32. The highest BCUT2D eigenvalue weighted by atomic mass is 16.5. The number of ether oxygens (including phenoxy) is 2. The quantitative estimate of drug-likeness (QED) is 0.179. The summed E-state index contributed by atoms with van der Waals surface area (Å²) >= 11 is 0. The fraction of sp³-hybridized carbons (Fsp3) is 0.0455. The van der Waals surface area contributed by atoms with Gasteiger partial charge in [-0.3, -0.25) is 0 Å². The molecule has 2 aromatic heterocycles. The molecule has 0 radical (unpaired) electrons. The largest absolute Gasteiger partial charge is 0.458 e. The first kappa shape index (κ1) is 26.8. The van der Waals surface area contributed by atoms with Gasteiger partial charge < -0.3 is 18.6 Å². The Bertz CT molecular complexity index is 2790. The van der Waals surface area contributed by atoms with Gasteiger partial charge in [0.25, 0.3) is 6.71 Å². The summed E-state index contributed by atoms with van der Waals surface area (Å²) in [5, 5.41) is 4.87. The first-order chi connectivity index (χ1) is 24.1. The van der Waals surface area contributed by atoms with Crippen LogP contribution in [0.2, 0.25) is 0 Å². The van der Waals surface area contributed by atoms with E-state index in [0.717, 1.165) is 45.4 Å². The summed E-state index contributed by atoms with van der Waals surface area (Å²) in [6, 6.07) is 50.2. The molecule has 0 saturated heterocycles. The molecule has 0 bridgehead atoms. The number of aromatic nitrogens is 2. The van der Waals surface area contributed by atoms with Crippen molar-refractivity contribution in [2.75, 3.05) is 0 Å². The minimum atomic E-state index is 0.0278. The lowest BCUT2D eigenvalue weighted by atomic mass is 9.34. The van der Waals surface area contributed by atoms with Crippen LogP contribution in [0.4, 0.5) is 0 Å². The SMILES string of the molecule is Cc1ccc2c(c1)B1c3cc(C)ccc3Oc3cc(-n4c5ccccc5c5ccc6c(c7ccccc7n6-c6ccccc6)c54)cc(c31)O2. The van der Waals surface area contributed by atoms with Gasteiger partial charge in [-0.25, -0.2) is 0 Å². The second kappa shape index (κ2) is 9.68. The Hall–Kier alpha value is -6.20. The van der Waals surface area contributed by atoms with Gasteiger partial charge in [-0.15, -0.1) is 0 Å². The van der Waals surface area contributed by atoms with E-state index in [0.29, 0.717) is 0 Å². The van der Waals surface area contributed by atoms with Gasteiger partial charge >= 0.3 is 0 Å². The molecule has 4 heterocycles. The maximum Gasteiger partial charge on any atom is 0.260 e. The molecule has 9 aromatic rings. The van der Waals surface area contributed by atoms with Crippen LogP contribution in [-0.4, -0.2) is 15.8 Å². The van der Waals surface area contributed by atoms with Crippen molar-refractivity contribution in [2.24, 2.45) is 0 Å². The summed E-state index contributed by atoms with van der Waals surface area (Å²) < 4.78 is 18.4. The van der Waals surface area contributed by atoms with Gasteiger partial charge in [0, 0.05) is 44.8 Å². The predicted octanol–water partition coefficient (Wildman–Crippen LogP) is 9.23. The molecule has 0 saturated carbocycles. The molecule has 0 spiro atoms. The van der Waals surface area contributed by atoms with Gasteiger partial charge in [0.15, 0.2) is 0 Å². The van der Waals surface area contributed by atoms with Crippen molar-refractivity contribution >= 4 is 66.7 Å². The molecule has 230 valence electrons. The molecule has 0 amide bonds. The third-order valence-electron chi connectivity index (χ3n) is 10.5. The Labute approximate surface area is 283 Å². The Morgan fingerprint density at radius 1 is 0.449 bits per heavy atom. The van der Waals surface area contributed by atoms with Gasteiger partial charge in [0.05, 0.1) is 27.8 Å². The van der Waals surface area contributed by atoms with Crippen LogP contribution in [0.3, 0.4) is 0 Å². The third-order valence-corrected chi connectivity index (χ3v) is 10.5. The van der Waals surface area contributed by atoms with Gasteiger partial charge in [-0.05, 0) is 67.2 Å². The van der Waals surface area contributed by atoms with Crippen LogP contribution >= 0.6 is 0 Å². The first-order valence-corrected chi connectivity index (χ1v) is 16.9. The molecule has 49 heavy (non-hydrogen) atoms. The molecule has 7 aromatic carbocycles. The molecule has 2 aliphatic rings. The van der Waals surface area contributed by atoms with E-state index in [2.05, 4.69) is 163 Å². The Morgan fingerprint density at radius 2 is 1.04 bits per heavy atom. The van der Waals surface area contributed by atoms with Crippen molar-refractivity contribution in [1.29, 1.82) is 0 Å². The zero-order chi connectivity index (χ0) is 32.4. The molecule has 0 aliphatic carbocycles. The van der Waals surface area contributed by atoms with Crippen LogP contribution in [0, 0.1) is 13.8 Å². The van der Waals surface area contributed by atoms with E-state index in [9.17, 15) is 0 Å². The van der Waals surface area contributed by atoms with E-state index in [1.54, 1.807) is 0 Å². The first-order valence-electron chi connectivity index (χ1n) is 16.9. The Balaban J connectivity index is 1.26. The Morgan fingerprint density at radius 3 is 1.71 bits per heavy atom. The standard InChI is InChI=1S/C44H29BN2O2/c1-26-16-20-38-33(22-26)45-34-23-27(2)17-21-39(34)49-41-25-29(24-40(48-38)43(41)45)47-35-14-8-6-12-30(35)31-18-19-37-42(44(31)47)32-13-7-9-15-36(32)46(37)28-10-4-3-5-11-28/h3-25H,1-2H3. The van der Waals surface area contributed by atoms with Gasteiger partial charge in [-0.2, -0.15) is 0 Å². The summed E-state index contributed by atoms with van der Waals surface area (Å²) in [5.41, 5.74) is 12.7. The lowest BCUT2D eigenvalue weighted by molar-refractivity contribution is 0.464. The molecule has 5 heteroatoms. The van der Waals surface area contributed by atoms with Crippen molar-refractivity contribution in [3.05, 3.63) is 151 Å². The average molecular weight is 629 g/mol. The molecule has 2 aliphatic heterocycles. The molecule has 0 unspecified atom stereocenters. The molecular formula is C44H29BN2O2. The maximum absolute atomic E-state index is 6.81. The second-order valence-corrected chi connectivity index (χ2v) is 13.5. The number of aryl methyl sites for hydroxylation is 2. The highest BCUT2D eigenvalue weighted by molar-refractivity contribution is 6.98. The smallest absolute Gasteiger partial charge is 0.260 e. The van der Waals surface area contributed by atoms with E-state index in [-0.39, 0.29) is 6.71 Å². The van der Waals surface area contributed by atoms with E-state index in [1.807, 2.05) is 0 Å². The van der Waals surface area contributed by atoms with Crippen molar-refractivity contribution < 1.29 is 9.47 Å². The van der Waals surface area contributed by atoms with Gasteiger partial charge in [-0.1, -0.05) is 96.1 Å². The molecule has 0 atom stereocenters. The number of hydrogen-bond donors (Lipinski definition) is 0. The number of hydrogen-bond acceptors (Lipinski definition) is 2. The van der Waals surface area contributed by atoms with E-state index in [1.165, 1.54) is 60.1 Å². The normalized spacial score (nSPS) is 13.0. The lowest BCUT2D eigenvalue weighted by Gasteiger charge is -2.33. The highest BCUT2D eigenvalue weighted by Gasteiger charge is 2.40. The van der Waals surface area contributed by atoms with E-state index >= 15 is 0 Å². The molecular weight excluding hydrogens is 599 g/mol. The van der Waals surface area contributed by atoms with Crippen LogP contribution < -0.4 is 25.9 Å². The topological polar surface area (TPSA) is 28.3 Å². The van der Waals surface area contributed by atoms with Gasteiger partial charge in [0.1, 0.15) is 23.0 Å². The lowest BCUT2D eigenvalue weighted by Crippen LogP contribution is -2.57. The van der Waals surface area contributed by atoms with Crippen LogP contribution in [0.25, 0.3) is 55.0 Å². The summed E-state index contributed by atoms with van der Waals surface area (Å²) in [5.74, 6) is 3.48. The van der Waals surface area contributed by atoms with Crippen molar-refractivity contribution in [1.82, 2.24) is 9.13 Å². The van der Waals surface area contributed by atoms with Crippen LogP contribution in [-0.2, 0) is 0 Å². The van der Waals surface area contributed by atoms with Crippen LogP contribution in [0.15, 0.2) is 140 Å². The molecule has 4 nitrogen and oxygen atoms in total. The highest BCUT2D eigenvalue weighted by Crippen LogP contribution is 2.44. The van der Waals surface area contributed by atoms with E-state index < -0.39 is 0 Å². The van der Waals surface area contributed by atoms with Crippen molar-refractivity contribution in [2.45, 2.75) is 13.8 Å². The van der Waals surface area contributed by atoms with Crippen LogP contribution in [0.5, 0.6) is 23.0 Å². The van der Waals surface area contributed by atoms with Crippen molar-refractivity contribution in [3.63, 3.8) is 0 Å². The van der Waals surface area contributed by atoms with Crippen molar-refractivity contribution in [3.8, 4) is 34.4 Å². The third kappa shape index (κ3) is 3.64.